The molecular weight excluding hydrogens is 210 g/mol. The number of nitrogens with zero attached hydrogens (tertiary/aromatic N) is 1. The summed E-state index contributed by atoms with van der Waals surface area (Å²) in [5.74, 6) is 1.60. The van der Waals surface area contributed by atoms with Gasteiger partial charge in [-0.2, -0.15) is 0 Å². The van der Waals surface area contributed by atoms with Gasteiger partial charge in [0.25, 0.3) is 0 Å². The summed E-state index contributed by atoms with van der Waals surface area (Å²) in [6.45, 7) is 4.42. The molecule has 0 unspecified atom stereocenters. The first-order valence-electron chi connectivity index (χ1n) is 6.49. The first-order chi connectivity index (χ1) is 8.06. The average Bonchev–Trinajstić information content (AvgIpc) is 2.23. The molecule has 0 atom stereocenters. The van der Waals surface area contributed by atoms with E-state index in [1.54, 1.807) is 0 Å². The Hall–Kier alpha value is -1.02. The van der Waals surface area contributed by atoms with Crippen LogP contribution in [-0.4, -0.2) is 31.1 Å². The van der Waals surface area contributed by atoms with Crippen LogP contribution in [0.4, 0.5) is 0 Å². The zero-order valence-corrected chi connectivity index (χ0v) is 11.3. The van der Waals surface area contributed by atoms with E-state index in [4.69, 9.17) is 4.74 Å². The fourth-order valence-electron chi connectivity index (χ4n) is 2.18. The zero-order valence-electron chi connectivity index (χ0n) is 11.3. The lowest BCUT2D eigenvalue weighted by molar-refractivity contribution is 0.0401. The summed E-state index contributed by atoms with van der Waals surface area (Å²) in [5, 5.41) is 0. The minimum Gasteiger partial charge on any atom is -0.490 e. The van der Waals surface area contributed by atoms with Gasteiger partial charge >= 0.3 is 0 Å². The number of hydrogen-bond acceptors (Lipinski definition) is 2. The molecule has 0 heterocycles. The van der Waals surface area contributed by atoms with Crippen molar-refractivity contribution in [3.05, 3.63) is 29.8 Å². The van der Waals surface area contributed by atoms with Gasteiger partial charge in [0.2, 0.25) is 0 Å². The van der Waals surface area contributed by atoms with Gasteiger partial charge in [-0.25, -0.2) is 0 Å². The molecule has 0 spiro atoms. The van der Waals surface area contributed by atoms with E-state index in [2.05, 4.69) is 57.1 Å². The molecule has 1 aromatic rings. The standard InChI is InChI=1S/C15H23NO/c1-11(2)12-5-7-14(8-6-12)17-15-9-13(10-15)16(3)4/h5-8,11,13,15H,9-10H2,1-4H3. The molecule has 1 saturated carbocycles. The maximum Gasteiger partial charge on any atom is 0.119 e. The van der Waals surface area contributed by atoms with Gasteiger partial charge < -0.3 is 9.64 Å². The van der Waals surface area contributed by atoms with E-state index in [9.17, 15) is 0 Å². The van der Waals surface area contributed by atoms with Crippen LogP contribution in [0.3, 0.4) is 0 Å². The topological polar surface area (TPSA) is 12.5 Å². The quantitative estimate of drug-likeness (QED) is 0.791. The lowest BCUT2D eigenvalue weighted by Gasteiger charge is -2.39. The molecule has 1 aliphatic rings. The van der Waals surface area contributed by atoms with Crippen LogP contribution < -0.4 is 4.74 Å². The van der Waals surface area contributed by atoms with E-state index in [-0.39, 0.29) is 0 Å². The summed E-state index contributed by atoms with van der Waals surface area (Å²) in [7, 11) is 4.27. The Labute approximate surface area is 105 Å². The van der Waals surface area contributed by atoms with E-state index in [0.717, 1.165) is 18.6 Å². The van der Waals surface area contributed by atoms with Crippen molar-refractivity contribution in [3.8, 4) is 5.75 Å². The first-order valence-corrected chi connectivity index (χ1v) is 6.49. The van der Waals surface area contributed by atoms with Gasteiger partial charge in [0.1, 0.15) is 11.9 Å². The predicted molar refractivity (Wildman–Crippen MR) is 71.7 cm³/mol. The largest absolute Gasteiger partial charge is 0.490 e. The monoisotopic (exact) mass is 233 g/mol. The van der Waals surface area contributed by atoms with Gasteiger partial charge in [-0.1, -0.05) is 26.0 Å². The van der Waals surface area contributed by atoms with Crippen molar-refractivity contribution in [1.29, 1.82) is 0 Å². The third-order valence-electron chi connectivity index (χ3n) is 3.65. The number of benzene rings is 1. The highest BCUT2D eigenvalue weighted by Crippen LogP contribution is 2.29. The van der Waals surface area contributed by atoms with E-state index in [1.165, 1.54) is 5.56 Å². The lowest BCUT2D eigenvalue weighted by Crippen LogP contribution is -2.46. The molecule has 0 radical (unpaired) electrons. The third kappa shape index (κ3) is 3.01. The Morgan fingerprint density at radius 2 is 1.71 bits per heavy atom. The summed E-state index contributed by atoms with van der Waals surface area (Å²) >= 11 is 0. The van der Waals surface area contributed by atoms with Gasteiger partial charge in [-0.15, -0.1) is 0 Å². The minimum absolute atomic E-state index is 0.410. The van der Waals surface area contributed by atoms with Gasteiger partial charge in [0.15, 0.2) is 0 Å². The van der Waals surface area contributed by atoms with Crippen LogP contribution >= 0.6 is 0 Å². The van der Waals surface area contributed by atoms with Crippen molar-refractivity contribution >= 4 is 0 Å². The summed E-state index contributed by atoms with van der Waals surface area (Å²) < 4.78 is 5.94. The molecule has 2 heteroatoms. The van der Waals surface area contributed by atoms with Gasteiger partial charge in [0, 0.05) is 6.04 Å². The van der Waals surface area contributed by atoms with Gasteiger partial charge in [0.05, 0.1) is 0 Å². The van der Waals surface area contributed by atoms with Crippen molar-refractivity contribution in [3.63, 3.8) is 0 Å². The molecule has 0 N–H and O–H groups in total. The second-order valence-electron chi connectivity index (χ2n) is 5.55. The van der Waals surface area contributed by atoms with Gasteiger partial charge in [-0.05, 0) is 50.6 Å². The Morgan fingerprint density at radius 1 is 1.12 bits per heavy atom. The number of rotatable bonds is 4. The van der Waals surface area contributed by atoms with Crippen molar-refractivity contribution in [2.75, 3.05) is 14.1 Å². The van der Waals surface area contributed by atoms with Crippen molar-refractivity contribution in [1.82, 2.24) is 4.90 Å². The molecule has 94 valence electrons. The normalized spacial score (nSPS) is 23.9. The molecule has 0 amide bonds. The fourth-order valence-corrected chi connectivity index (χ4v) is 2.18. The molecular formula is C15H23NO. The van der Waals surface area contributed by atoms with Crippen LogP contribution in [0.15, 0.2) is 24.3 Å². The molecule has 0 aliphatic heterocycles. The molecule has 0 aromatic heterocycles. The van der Waals surface area contributed by atoms with Crippen LogP contribution in [-0.2, 0) is 0 Å². The highest BCUT2D eigenvalue weighted by molar-refractivity contribution is 5.29. The Bertz CT molecular complexity index is 350. The van der Waals surface area contributed by atoms with Crippen LogP contribution in [0, 0.1) is 0 Å². The summed E-state index contributed by atoms with van der Waals surface area (Å²) in [5.41, 5.74) is 1.37. The maximum absolute atomic E-state index is 5.94. The first kappa shape index (κ1) is 12.4. The van der Waals surface area contributed by atoms with E-state index in [0.29, 0.717) is 18.1 Å². The van der Waals surface area contributed by atoms with Crippen LogP contribution in [0.2, 0.25) is 0 Å². The maximum atomic E-state index is 5.94. The van der Waals surface area contributed by atoms with Crippen molar-refractivity contribution in [2.24, 2.45) is 0 Å². The lowest BCUT2D eigenvalue weighted by atomic mass is 9.88. The van der Waals surface area contributed by atoms with E-state index in [1.807, 2.05) is 0 Å². The predicted octanol–water partition coefficient (Wildman–Crippen LogP) is 3.28. The summed E-state index contributed by atoms with van der Waals surface area (Å²) in [4.78, 5) is 2.28. The molecule has 2 nitrogen and oxygen atoms in total. The van der Waals surface area contributed by atoms with Crippen LogP contribution in [0.1, 0.15) is 38.2 Å². The van der Waals surface area contributed by atoms with Gasteiger partial charge in [-0.3, -0.25) is 0 Å². The van der Waals surface area contributed by atoms with Crippen LogP contribution in [0.25, 0.3) is 0 Å². The summed E-state index contributed by atoms with van der Waals surface area (Å²) in [6.07, 6.45) is 2.71. The number of ether oxygens (including phenoxy) is 1. The Balaban J connectivity index is 1.84. The van der Waals surface area contributed by atoms with E-state index >= 15 is 0 Å². The number of hydrogen-bond donors (Lipinski definition) is 0. The molecule has 17 heavy (non-hydrogen) atoms. The molecule has 0 saturated heterocycles. The van der Waals surface area contributed by atoms with Crippen LogP contribution in [0.5, 0.6) is 5.75 Å². The smallest absolute Gasteiger partial charge is 0.119 e. The zero-order chi connectivity index (χ0) is 12.4. The van der Waals surface area contributed by atoms with E-state index < -0.39 is 0 Å². The van der Waals surface area contributed by atoms with Crippen molar-refractivity contribution < 1.29 is 4.74 Å². The SMILES string of the molecule is CC(C)c1ccc(OC2CC(N(C)C)C2)cc1. The molecule has 1 aromatic carbocycles. The molecule has 1 aliphatic carbocycles. The average molecular weight is 233 g/mol. The minimum atomic E-state index is 0.410. The third-order valence-corrected chi connectivity index (χ3v) is 3.65. The van der Waals surface area contributed by atoms with Crippen molar-refractivity contribution in [2.45, 2.75) is 44.8 Å². The Morgan fingerprint density at radius 3 is 2.18 bits per heavy atom. The molecule has 1 fully saturated rings. The highest BCUT2D eigenvalue weighted by atomic mass is 16.5. The summed E-state index contributed by atoms with van der Waals surface area (Å²) in [6, 6.07) is 9.23. The second kappa shape index (κ2) is 5.09. The molecule has 0 bridgehead atoms. The molecule has 2 rings (SSSR count). The highest BCUT2D eigenvalue weighted by Gasteiger charge is 2.32. The fraction of sp³-hybridized carbons (Fsp3) is 0.600. The Kier molecular flexibility index (Phi) is 3.72. The second-order valence-corrected chi connectivity index (χ2v) is 5.55.